The van der Waals surface area contributed by atoms with E-state index in [-0.39, 0.29) is 17.6 Å². The van der Waals surface area contributed by atoms with Crippen LogP contribution in [0.25, 0.3) is 0 Å². The average Bonchev–Trinajstić information content (AvgIpc) is 2.92. The van der Waals surface area contributed by atoms with Gasteiger partial charge in [0.2, 0.25) is 0 Å². The van der Waals surface area contributed by atoms with Gasteiger partial charge in [-0.15, -0.1) is 11.3 Å². The van der Waals surface area contributed by atoms with Gasteiger partial charge < -0.3 is 10.6 Å². The number of fused-ring (bicyclic) bond motifs is 1. The van der Waals surface area contributed by atoms with Gasteiger partial charge in [-0.25, -0.2) is 4.39 Å². The third-order valence-corrected chi connectivity index (χ3v) is 5.17. The average molecular weight is 332 g/mol. The zero-order valence-corrected chi connectivity index (χ0v) is 13.6. The summed E-state index contributed by atoms with van der Waals surface area (Å²) in [5.74, 6) is -0.910. The molecule has 0 aliphatic heterocycles. The number of halogens is 1. The third kappa shape index (κ3) is 3.12. The predicted octanol–water partition coefficient (Wildman–Crippen LogP) is 3.38. The molecular weight excluding hydrogens is 315 g/mol. The summed E-state index contributed by atoms with van der Waals surface area (Å²) in [7, 11) is 1.58. The Balaban J connectivity index is 1.93. The van der Waals surface area contributed by atoms with Crippen molar-refractivity contribution in [1.29, 1.82) is 0 Å². The number of carbonyl (C=O) groups is 2. The van der Waals surface area contributed by atoms with E-state index >= 15 is 0 Å². The van der Waals surface area contributed by atoms with Gasteiger partial charge in [0.15, 0.2) is 0 Å². The van der Waals surface area contributed by atoms with Crippen molar-refractivity contribution >= 4 is 28.2 Å². The first kappa shape index (κ1) is 15.7. The van der Waals surface area contributed by atoms with Gasteiger partial charge >= 0.3 is 0 Å². The highest BCUT2D eigenvalue weighted by Crippen LogP contribution is 2.38. The first-order valence-electron chi connectivity index (χ1n) is 7.53. The Bertz CT molecular complexity index is 753. The summed E-state index contributed by atoms with van der Waals surface area (Å²) >= 11 is 1.46. The molecule has 1 aliphatic carbocycles. The first-order valence-corrected chi connectivity index (χ1v) is 8.35. The minimum atomic E-state index is -0.390. The van der Waals surface area contributed by atoms with Gasteiger partial charge in [0.05, 0.1) is 5.56 Å². The van der Waals surface area contributed by atoms with Gasteiger partial charge in [-0.3, -0.25) is 9.59 Å². The van der Waals surface area contributed by atoms with Crippen LogP contribution in [0.5, 0.6) is 0 Å². The zero-order chi connectivity index (χ0) is 16.4. The Kier molecular flexibility index (Phi) is 4.43. The lowest BCUT2D eigenvalue weighted by molar-refractivity contribution is 0.0963. The van der Waals surface area contributed by atoms with Crippen LogP contribution < -0.4 is 10.6 Å². The molecule has 0 fully saturated rings. The van der Waals surface area contributed by atoms with Crippen molar-refractivity contribution in [1.82, 2.24) is 5.32 Å². The van der Waals surface area contributed by atoms with E-state index in [1.165, 1.54) is 40.5 Å². The summed E-state index contributed by atoms with van der Waals surface area (Å²) in [5, 5.41) is 6.03. The van der Waals surface area contributed by atoms with Crippen LogP contribution >= 0.6 is 11.3 Å². The Morgan fingerprint density at radius 2 is 1.78 bits per heavy atom. The molecule has 0 atom stereocenters. The molecule has 1 aromatic carbocycles. The molecule has 2 amide bonds. The number of aryl methyl sites for hydroxylation is 1. The Labute approximate surface area is 137 Å². The van der Waals surface area contributed by atoms with E-state index in [1.807, 2.05) is 0 Å². The summed E-state index contributed by atoms with van der Waals surface area (Å²) in [4.78, 5) is 25.7. The molecule has 2 N–H and O–H groups in total. The van der Waals surface area contributed by atoms with Crippen molar-refractivity contribution in [3.05, 3.63) is 51.7 Å². The Hall–Kier alpha value is -2.21. The molecule has 4 nitrogen and oxygen atoms in total. The Morgan fingerprint density at radius 3 is 2.48 bits per heavy atom. The van der Waals surface area contributed by atoms with E-state index in [0.717, 1.165) is 31.2 Å². The molecule has 23 heavy (non-hydrogen) atoms. The third-order valence-electron chi connectivity index (χ3n) is 3.96. The van der Waals surface area contributed by atoms with E-state index in [1.54, 1.807) is 7.05 Å². The lowest BCUT2D eigenvalue weighted by atomic mass is 9.95. The van der Waals surface area contributed by atoms with E-state index in [4.69, 9.17) is 0 Å². The van der Waals surface area contributed by atoms with Gasteiger partial charge in [-0.2, -0.15) is 0 Å². The number of thiophene rings is 1. The topological polar surface area (TPSA) is 58.2 Å². The number of carbonyl (C=O) groups excluding carboxylic acids is 2. The highest BCUT2D eigenvalue weighted by Gasteiger charge is 2.25. The second-order valence-corrected chi connectivity index (χ2v) is 6.56. The lowest BCUT2D eigenvalue weighted by Gasteiger charge is -2.12. The minimum absolute atomic E-state index is 0.182. The number of hydrogen-bond acceptors (Lipinski definition) is 3. The van der Waals surface area contributed by atoms with Crippen LogP contribution in [-0.4, -0.2) is 18.9 Å². The largest absolute Gasteiger partial charge is 0.355 e. The number of hydrogen-bond donors (Lipinski definition) is 2. The molecule has 0 saturated heterocycles. The Morgan fingerprint density at radius 1 is 1.09 bits per heavy atom. The van der Waals surface area contributed by atoms with Gasteiger partial charge in [0.25, 0.3) is 11.8 Å². The van der Waals surface area contributed by atoms with Crippen molar-refractivity contribution in [3.63, 3.8) is 0 Å². The molecule has 1 aliphatic rings. The maximum Gasteiger partial charge on any atom is 0.256 e. The molecule has 2 aromatic rings. The number of anilines is 1. The fourth-order valence-electron chi connectivity index (χ4n) is 2.80. The van der Waals surface area contributed by atoms with Crippen molar-refractivity contribution in [2.45, 2.75) is 25.7 Å². The normalized spacial score (nSPS) is 13.3. The summed E-state index contributed by atoms with van der Waals surface area (Å²) < 4.78 is 13.0. The summed E-state index contributed by atoms with van der Waals surface area (Å²) in [6, 6.07) is 5.34. The standard InChI is InChI=1S/C17H17FN2O2S/c1-19-16(22)14-12-4-2-3-5-13(12)23-17(14)20-15(21)10-6-8-11(18)9-7-10/h6-9H,2-5H2,1H3,(H,19,22)(H,20,21). The van der Waals surface area contributed by atoms with E-state index in [0.29, 0.717) is 16.1 Å². The van der Waals surface area contributed by atoms with Gasteiger partial charge in [0.1, 0.15) is 10.8 Å². The number of nitrogens with one attached hydrogen (secondary N) is 2. The van der Waals surface area contributed by atoms with Crippen molar-refractivity contribution in [2.24, 2.45) is 0 Å². The minimum Gasteiger partial charge on any atom is -0.355 e. The second kappa shape index (κ2) is 6.50. The fraction of sp³-hybridized carbons (Fsp3) is 0.294. The van der Waals surface area contributed by atoms with Crippen LogP contribution in [-0.2, 0) is 12.8 Å². The highest BCUT2D eigenvalue weighted by molar-refractivity contribution is 7.17. The highest BCUT2D eigenvalue weighted by atomic mass is 32.1. The van der Waals surface area contributed by atoms with E-state index in [9.17, 15) is 14.0 Å². The predicted molar refractivity (Wildman–Crippen MR) is 88.7 cm³/mol. The molecule has 120 valence electrons. The van der Waals surface area contributed by atoms with Crippen molar-refractivity contribution in [3.8, 4) is 0 Å². The first-order chi connectivity index (χ1) is 11.1. The smallest absolute Gasteiger partial charge is 0.256 e. The molecule has 3 rings (SSSR count). The maximum absolute atomic E-state index is 13.0. The summed E-state index contributed by atoms with van der Waals surface area (Å²) in [6.07, 6.45) is 3.96. The summed E-state index contributed by atoms with van der Waals surface area (Å²) in [6.45, 7) is 0. The maximum atomic E-state index is 13.0. The van der Waals surface area contributed by atoms with Crippen LogP contribution in [0.3, 0.4) is 0 Å². The van der Waals surface area contributed by atoms with Crippen LogP contribution in [0, 0.1) is 5.82 Å². The lowest BCUT2D eigenvalue weighted by Crippen LogP contribution is -2.22. The van der Waals surface area contributed by atoms with Crippen LogP contribution in [0.1, 0.15) is 44.0 Å². The molecule has 6 heteroatoms. The fourth-order valence-corrected chi connectivity index (χ4v) is 4.08. The van der Waals surface area contributed by atoms with E-state index in [2.05, 4.69) is 10.6 Å². The monoisotopic (exact) mass is 332 g/mol. The van der Waals surface area contributed by atoms with E-state index < -0.39 is 0 Å². The molecule has 0 spiro atoms. The molecule has 1 aromatic heterocycles. The molecule has 0 saturated carbocycles. The molecule has 1 heterocycles. The van der Waals surface area contributed by atoms with Gasteiger partial charge in [-0.1, -0.05) is 0 Å². The number of rotatable bonds is 3. The molecular formula is C17H17FN2O2S. The van der Waals surface area contributed by atoms with Crippen molar-refractivity contribution < 1.29 is 14.0 Å². The summed E-state index contributed by atoms with van der Waals surface area (Å²) in [5.41, 5.74) is 1.98. The van der Waals surface area contributed by atoms with Gasteiger partial charge in [-0.05, 0) is 55.5 Å². The number of benzene rings is 1. The van der Waals surface area contributed by atoms with Crippen LogP contribution in [0.2, 0.25) is 0 Å². The van der Waals surface area contributed by atoms with Gasteiger partial charge in [0, 0.05) is 17.5 Å². The quantitative estimate of drug-likeness (QED) is 0.905. The number of amides is 2. The molecule has 0 bridgehead atoms. The van der Waals surface area contributed by atoms with Crippen molar-refractivity contribution in [2.75, 3.05) is 12.4 Å². The zero-order valence-electron chi connectivity index (χ0n) is 12.7. The van der Waals surface area contributed by atoms with Crippen LogP contribution in [0.4, 0.5) is 9.39 Å². The SMILES string of the molecule is CNC(=O)c1c(NC(=O)c2ccc(F)cc2)sc2c1CCCC2. The second-order valence-electron chi connectivity index (χ2n) is 5.46. The molecule has 0 unspecified atom stereocenters. The molecule has 0 radical (unpaired) electrons. The van der Waals surface area contributed by atoms with Crippen LogP contribution in [0.15, 0.2) is 24.3 Å².